The Hall–Kier alpha value is -3.17. The number of rotatable bonds is 11. The second-order valence-electron chi connectivity index (χ2n) is 9.33. The number of hydrogen-bond acceptors (Lipinski definition) is 6. The molecule has 0 radical (unpaired) electrons. The van der Waals surface area contributed by atoms with Gasteiger partial charge < -0.3 is 24.6 Å². The maximum Gasteiger partial charge on any atom is 0.256 e. The summed E-state index contributed by atoms with van der Waals surface area (Å²) in [6.45, 7) is 6.32. The molecule has 2 saturated heterocycles. The Morgan fingerprint density at radius 1 is 1.00 bits per heavy atom. The first-order valence-electron chi connectivity index (χ1n) is 13.0. The van der Waals surface area contributed by atoms with Crippen LogP contribution in [0.1, 0.15) is 39.0 Å². The van der Waals surface area contributed by atoms with Crippen molar-refractivity contribution in [1.82, 2.24) is 9.80 Å². The van der Waals surface area contributed by atoms with Gasteiger partial charge in [-0.2, -0.15) is 0 Å². The highest BCUT2D eigenvalue weighted by Crippen LogP contribution is 2.29. The summed E-state index contributed by atoms with van der Waals surface area (Å²) in [5, 5.41) is 3.35. The van der Waals surface area contributed by atoms with Crippen molar-refractivity contribution in [1.29, 1.82) is 0 Å². The number of amides is 2. The predicted molar refractivity (Wildman–Crippen MR) is 149 cm³/mol. The summed E-state index contributed by atoms with van der Waals surface area (Å²) in [5.74, 6) is 1.02. The van der Waals surface area contributed by atoms with Crippen LogP contribution in [0.5, 0.6) is 11.5 Å². The lowest BCUT2D eigenvalue weighted by molar-refractivity contribution is -0.124. The molecule has 2 aromatic rings. The van der Waals surface area contributed by atoms with E-state index in [0.29, 0.717) is 35.4 Å². The Labute approximate surface area is 224 Å². The molecule has 2 fully saturated rings. The Balaban J connectivity index is 1.46. The average Bonchev–Trinajstić information content (AvgIpc) is 3.14. The highest BCUT2D eigenvalue weighted by Gasteiger charge is 2.43. The molecule has 37 heavy (non-hydrogen) atoms. The zero-order valence-electron chi connectivity index (χ0n) is 21.7. The van der Waals surface area contributed by atoms with Gasteiger partial charge in [0.1, 0.15) is 17.5 Å². The van der Waals surface area contributed by atoms with Crippen LogP contribution in [0.4, 0.5) is 11.4 Å². The molecule has 1 N–H and O–H groups in total. The molecular formula is C28H36N4O4S. The van der Waals surface area contributed by atoms with Gasteiger partial charge in [-0.3, -0.25) is 14.5 Å². The number of hydrogen-bond donors (Lipinski definition) is 1. The molecule has 0 bridgehead atoms. The van der Waals surface area contributed by atoms with Gasteiger partial charge >= 0.3 is 0 Å². The van der Waals surface area contributed by atoms with Crippen LogP contribution in [-0.2, 0) is 9.59 Å². The van der Waals surface area contributed by atoms with Crippen molar-refractivity contribution in [2.45, 2.75) is 45.1 Å². The molecule has 1 atom stereocenters. The van der Waals surface area contributed by atoms with Crippen molar-refractivity contribution in [2.75, 3.05) is 50.1 Å². The zero-order valence-corrected chi connectivity index (χ0v) is 22.5. The molecule has 2 amide bonds. The molecule has 4 rings (SSSR count). The molecule has 8 nitrogen and oxygen atoms in total. The molecule has 2 aliphatic heterocycles. The molecule has 0 aliphatic carbocycles. The molecule has 198 valence electrons. The standard InChI is InChI=1S/C28H36N4O4S/c1-3-36-24-12-8-21(9-13-24)29-26(33)20-25-27(34)32(22-10-14-23(35-2)15-11-22)28(37)31(25)19-7-18-30-16-5-4-6-17-30/h8-15,25H,3-7,16-20H2,1-2H3,(H,29,33)/t25-/m0/s1. The van der Waals surface area contributed by atoms with Gasteiger partial charge in [0, 0.05) is 12.2 Å². The van der Waals surface area contributed by atoms with Crippen molar-refractivity contribution in [3.63, 3.8) is 0 Å². The van der Waals surface area contributed by atoms with E-state index in [1.165, 1.54) is 19.3 Å². The van der Waals surface area contributed by atoms with E-state index >= 15 is 0 Å². The van der Waals surface area contributed by atoms with Crippen LogP contribution in [0, 0.1) is 0 Å². The lowest BCUT2D eigenvalue weighted by Gasteiger charge is -2.28. The number of likely N-dealkylation sites (tertiary alicyclic amines) is 1. The molecule has 0 aromatic heterocycles. The van der Waals surface area contributed by atoms with E-state index in [2.05, 4.69) is 10.2 Å². The molecule has 0 spiro atoms. The van der Waals surface area contributed by atoms with E-state index in [4.69, 9.17) is 21.7 Å². The number of methoxy groups -OCH3 is 1. The van der Waals surface area contributed by atoms with E-state index in [1.807, 2.05) is 36.1 Å². The predicted octanol–water partition coefficient (Wildman–Crippen LogP) is 4.30. The zero-order chi connectivity index (χ0) is 26.2. The number of carbonyl (C=O) groups is 2. The lowest BCUT2D eigenvalue weighted by atomic mass is 10.1. The summed E-state index contributed by atoms with van der Waals surface area (Å²) < 4.78 is 10.7. The van der Waals surface area contributed by atoms with E-state index in [0.717, 1.165) is 31.8 Å². The van der Waals surface area contributed by atoms with Gasteiger partial charge in [0.2, 0.25) is 5.91 Å². The highest BCUT2D eigenvalue weighted by molar-refractivity contribution is 7.80. The quantitative estimate of drug-likeness (QED) is 0.440. The fraction of sp³-hybridized carbons (Fsp3) is 0.464. The number of ether oxygens (including phenoxy) is 2. The van der Waals surface area contributed by atoms with Crippen LogP contribution < -0.4 is 19.7 Å². The van der Waals surface area contributed by atoms with Crippen LogP contribution in [-0.4, -0.2) is 72.7 Å². The molecule has 2 aliphatic rings. The number of anilines is 2. The number of nitrogens with one attached hydrogen (secondary N) is 1. The number of piperidine rings is 1. The molecule has 0 unspecified atom stereocenters. The van der Waals surface area contributed by atoms with Crippen molar-refractivity contribution in [3.05, 3.63) is 48.5 Å². The molecular weight excluding hydrogens is 488 g/mol. The number of nitrogens with zero attached hydrogens (tertiary/aromatic N) is 3. The normalized spacial score (nSPS) is 18.3. The minimum absolute atomic E-state index is 0.0164. The minimum Gasteiger partial charge on any atom is -0.497 e. The van der Waals surface area contributed by atoms with E-state index in [1.54, 1.807) is 36.3 Å². The maximum atomic E-state index is 13.6. The Morgan fingerprint density at radius 2 is 1.68 bits per heavy atom. The van der Waals surface area contributed by atoms with Crippen LogP contribution in [0.3, 0.4) is 0 Å². The molecule has 0 saturated carbocycles. The van der Waals surface area contributed by atoms with Gasteiger partial charge in [-0.1, -0.05) is 6.42 Å². The topological polar surface area (TPSA) is 74.3 Å². The van der Waals surface area contributed by atoms with Gasteiger partial charge in [0.05, 0.1) is 25.8 Å². The third-order valence-electron chi connectivity index (χ3n) is 6.80. The smallest absolute Gasteiger partial charge is 0.256 e. The van der Waals surface area contributed by atoms with Gasteiger partial charge in [0.25, 0.3) is 5.91 Å². The number of carbonyl (C=O) groups excluding carboxylic acids is 2. The van der Waals surface area contributed by atoms with E-state index < -0.39 is 6.04 Å². The summed E-state index contributed by atoms with van der Waals surface area (Å²) in [7, 11) is 1.60. The van der Waals surface area contributed by atoms with Crippen molar-refractivity contribution >= 4 is 40.5 Å². The van der Waals surface area contributed by atoms with E-state index in [9.17, 15) is 9.59 Å². The first-order chi connectivity index (χ1) is 18.0. The Kier molecular flexibility index (Phi) is 9.35. The second-order valence-corrected chi connectivity index (χ2v) is 9.69. The van der Waals surface area contributed by atoms with Crippen LogP contribution in [0.2, 0.25) is 0 Å². The average molecular weight is 525 g/mol. The number of thiocarbonyl (C=S) groups is 1. The van der Waals surface area contributed by atoms with E-state index in [-0.39, 0.29) is 18.2 Å². The summed E-state index contributed by atoms with van der Waals surface area (Å²) >= 11 is 5.79. The largest absolute Gasteiger partial charge is 0.497 e. The van der Waals surface area contributed by atoms with Crippen molar-refractivity contribution in [3.8, 4) is 11.5 Å². The summed E-state index contributed by atoms with van der Waals surface area (Å²) in [6, 6.07) is 13.8. The van der Waals surface area contributed by atoms with Gasteiger partial charge in [0.15, 0.2) is 5.11 Å². The van der Waals surface area contributed by atoms with Gasteiger partial charge in [-0.25, -0.2) is 0 Å². The SMILES string of the molecule is CCOc1ccc(NC(=O)C[C@H]2C(=O)N(c3ccc(OC)cc3)C(=S)N2CCCN2CCCCC2)cc1. The molecule has 2 aromatic carbocycles. The molecule has 9 heteroatoms. The van der Waals surface area contributed by atoms with Crippen molar-refractivity contribution < 1.29 is 19.1 Å². The fourth-order valence-electron chi connectivity index (χ4n) is 4.89. The van der Waals surface area contributed by atoms with Crippen LogP contribution in [0.15, 0.2) is 48.5 Å². The minimum atomic E-state index is -0.654. The summed E-state index contributed by atoms with van der Waals surface area (Å²) in [4.78, 5) is 32.6. The first-order valence-corrected chi connectivity index (χ1v) is 13.4. The Morgan fingerprint density at radius 3 is 2.32 bits per heavy atom. The third-order valence-corrected chi connectivity index (χ3v) is 7.22. The second kappa shape index (κ2) is 12.9. The fourth-order valence-corrected chi connectivity index (χ4v) is 5.31. The monoisotopic (exact) mass is 524 g/mol. The van der Waals surface area contributed by atoms with Gasteiger partial charge in [-0.05, 0) is 107 Å². The number of benzene rings is 2. The van der Waals surface area contributed by atoms with Crippen molar-refractivity contribution in [2.24, 2.45) is 0 Å². The van der Waals surface area contributed by atoms with Gasteiger partial charge in [-0.15, -0.1) is 0 Å². The first kappa shape index (κ1) is 26.9. The molecule has 2 heterocycles. The highest BCUT2D eigenvalue weighted by atomic mass is 32.1. The Bertz CT molecular complexity index is 1070. The summed E-state index contributed by atoms with van der Waals surface area (Å²) in [5.41, 5.74) is 1.33. The maximum absolute atomic E-state index is 13.6. The lowest BCUT2D eigenvalue weighted by Crippen LogP contribution is -2.40. The third kappa shape index (κ3) is 6.78. The van der Waals surface area contributed by atoms with Crippen LogP contribution >= 0.6 is 12.2 Å². The summed E-state index contributed by atoms with van der Waals surface area (Å²) in [6.07, 6.45) is 4.66. The van der Waals surface area contributed by atoms with Crippen LogP contribution in [0.25, 0.3) is 0 Å².